The van der Waals surface area contributed by atoms with Crippen molar-refractivity contribution >= 4 is 23.5 Å². The van der Waals surface area contributed by atoms with Crippen LogP contribution in [0.15, 0.2) is 0 Å². The van der Waals surface area contributed by atoms with Crippen molar-refractivity contribution in [3.63, 3.8) is 0 Å². The SMILES string of the molecule is CCCCCCCCCSC(O)CCOCCC(O)SCCCCCCCCC. The number of hydrogen-bond donors (Lipinski definition) is 2. The summed E-state index contributed by atoms with van der Waals surface area (Å²) >= 11 is 3.31. The molecule has 0 saturated heterocycles. The van der Waals surface area contributed by atoms with Gasteiger partial charge >= 0.3 is 0 Å². The lowest BCUT2D eigenvalue weighted by Crippen LogP contribution is -2.11. The van der Waals surface area contributed by atoms with E-state index in [0.29, 0.717) is 26.1 Å². The molecule has 0 saturated carbocycles. The molecule has 0 aromatic heterocycles. The average molecular weight is 451 g/mol. The standard InChI is InChI=1S/C24H50O3S2/c1-3-5-7-9-11-13-15-21-28-23(25)17-19-27-20-18-24(26)29-22-16-14-12-10-8-6-4-2/h23-26H,3-22H2,1-2H3. The van der Waals surface area contributed by atoms with Crippen LogP contribution in [-0.4, -0.2) is 45.8 Å². The molecule has 176 valence electrons. The first kappa shape index (κ1) is 29.6. The molecule has 0 spiro atoms. The van der Waals surface area contributed by atoms with E-state index >= 15 is 0 Å². The van der Waals surface area contributed by atoms with Gasteiger partial charge in [-0.25, -0.2) is 0 Å². The van der Waals surface area contributed by atoms with Gasteiger partial charge in [-0.1, -0.05) is 90.9 Å². The highest BCUT2D eigenvalue weighted by molar-refractivity contribution is 7.99. The lowest BCUT2D eigenvalue weighted by molar-refractivity contribution is 0.0911. The zero-order chi connectivity index (χ0) is 21.4. The normalized spacial score (nSPS) is 13.7. The largest absolute Gasteiger partial charge is 0.382 e. The first-order valence-corrected chi connectivity index (χ1v) is 14.5. The van der Waals surface area contributed by atoms with E-state index in [4.69, 9.17) is 4.74 Å². The van der Waals surface area contributed by atoms with Crippen molar-refractivity contribution in [2.45, 2.75) is 127 Å². The van der Waals surface area contributed by atoms with Gasteiger partial charge in [-0.2, -0.15) is 0 Å². The molecule has 0 aliphatic heterocycles. The summed E-state index contributed by atoms with van der Waals surface area (Å²) in [6.07, 6.45) is 19.8. The lowest BCUT2D eigenvalue weighted by Gasteiger charge is -2.12. The Hall–Kier alpha value is 0.580. The van der Waals surface area contributed by atoms with Crippen LogP contribution in [-0.2, 0) is 4.74 Å². The molecule has 0 aliphatic carbocycles. The zero-order valence-corrected chi connectivity index (χ0v) is 21.0. The first-order valence-electron chi connectivity index (χ1n) is 12.4. The third kappa shape index (κ3) is 24.7. The molecule has 29 heavy (non-hydrogen) atoms. The number of rotatable bonds is 24. The van der Waals surface area contributed by atoms with Gasteiger partial charge in [0.1, 0.15) is 10.9 Å². The molecule has 0 fully saturated rings. The Labute approximate surface area is 190 Å². The highest BCUT2D eigenvalue weighted by atomic mass is 32.2. The fourth-order valence-electron chi connectivity index (χ4n) is 3.19. The first-order chi connectivity index (χ1) is 14.2. The lowest BCUT2D eigenvalue weighted by atomic mass is 10.1. The van der Waals surface area contributed by atoms with Crippen LogP contribution in [0.1, 0.15) is 117 Å². The molecule has 3 nitrogen and oxygen atoms in total. The number of aliphatic hydroxyl groups excluding tert-OH is 2. The van der Waals surface area contributed by atoms with Gasteiger partial charge in [0.2, 0.25) is 0 Å². The minimum atomic E-state index is -0.313. The average Bonchev–Trinajstić information content (AvgIpc) is 2.71. The van der Waals surface area contributed by atoms with Crippen LogP contribution in [0.4, 0.5) is 0 Å². The molecule has 0 rings (SSSR count). The molecule has 0 heterocycles. The molecule has 2 atom stereocenters. The number of hydrogen-bond acceptors (Lipinski definition) is 5. The van der Waals surface area contributed by atoms with E-state index in [1.54, 1.807) is 23.5 Å². The van der Waals surface area contributed by atoms with Crippen molar-refractivity contribution in [3.8, 4) is 0 Å². The molecule has 2 N–H and O–H groups in total. The predicted octanol–water partition coefficient (Wildman–Crippen LogP) is 7.39. The summed E-state index contributed by atoms with van der Waals surface area (Å²) in [7, 11) is 0. The van der Waals surface area contributed by atoms with Crippen LogP contribution in [0.2, 0.25) is 0 Å². The Morgan fingerprint density at radius 2 is 0.897 bits per heavy atom. The van der Waals surface area contributed by atoms with E-state index in [2.05, 4.69) is 13.8 Å². The minimum absolute atomic E-state index is 0.313. The van der Waals surface area contributed by atoms with Crippen LogP contribution in [0.3, 0.4) is 0 Å². The van der Waals surface area contributed by atoms with Gasteiger partial charge < -0.3 is 14.9 Å². The predicted molar refractivity (Wildman–Crippen MR) is 133 cm³/mol. The maximum absolute atomic E-state index is 9.99. The highest BCUT2D eigenvalue weighted by Gasteiger charge is 2.07. The molecule has 5 heteroatoms. The maximum Gasteiger partial charge on any atom is 0.101 e. The number of thioether (sulfide) groups is 2. The van der Waals surface area contributed by atoms with Crippen molar-refractivity contribution in [1.82, 2.24) is 0 Å². The van der Waals surface area contributed by atoms with Crippen LogP contribution >= 0.6 is 23.5 Å². The van der Waals surface area contributed by atoms with Crippen LogP contribution in [0.25, 0.3) is 0 Å². The zero-order valence-electron chi connectivity index (χ0n) is 19.4. The minimum Gasteiger partial charge on any atom is -0.382 e. The molecule has 0 amide bonds. The quantitative estimate of drug-likeness (QED) is 0.119. The van der Waals surface area contributed by atoms with Gasteiger partial charge in [-0.05, 0) is 24.3 Å². The Morgan fingerprint density at radius 3 is 1.28 bits per heavy atom. The van der Waals surface area contributed by atoms with Gasteiger partial charge in [0, 0.05) is 26.1 Å². The third-order valence-corrected chi connectivity index (χ3v) is 7.42. The summed E-state index contributed by atoms with van der Waals surface area (Å²) < 4.78 is 5.59. The van der Waals surface area contributed by atoms with Crippen LogP contribution < -0.4 is 0 Å². The Bertz CT molecular complexity index is 278. The van der Waals surface area contributed by atoms with E-state index < -0.39 is 0 Å². The van der Waals surface area contributed by atoms with Crippen molar-refractivity contribution < 1.29 is 14.9 Å². The molecule has 2 unspecified atom stereocenters. The molecular formula is C24H50O3S2. The smallest absolute Gasteiger partial charge is 0.101 e. The van der Waals surface area contributed by atoms with E-state index in [9.17, 15) is 10.2 Å². The second-order valence-electron chi connectivity index (χ2n) is 8.08. The van der Waals surface area contributed by atoms with Crippen LogP contribution in [0.5, 0.6) is 0 Å². The van der Waals surface area contributed by atoms with E-state index in [1.165, 1.54) is 89.9 Å². The topological polar surface area (TPSA) is 49.7 Å². The van der Waals surface area contributed by atoms with Crippen LogP contribution in [0, 0.1) is 0 Å². The molecule has 0 aromatic carbocycles. The van der Waals surface area contributed by atoms with Gasteiger partial charge in [-0.3, -0.25) is 0 Å². The second-order valence-corrected chi connectivity index (χ2v) is 10.7. The molecule has 0 radical (unpaired) electrons. The Kier molecular flexibility index (Phi) is 25.3. The van der Waals surface area contributed by atoms with Gasteiger partial charge in [-0.15, -0.1) is 23.5 Å². The maximum atomic E-state index is 9.99. The van der Waals surface area contributed by atoms with Crippen molar-refractivity contribution in [1.29, 1.82) is 0 Å². The van der Waals surface area contributed by atoms with Gasteiger partial charge in [0.05, 0.1) is 0 Å². The fraction of sp³-hybridized carbons (Fsp3) is 1.00. The summed E-state index contributed by atoms with van der Waals surface area (Å²) in [6, 6.07) is 0. The molecule has 0 bridgehead atoms. The summed E-state index contributed by atoms with van der Waals surface area (Å²) in [4.78, 5) is 0. The van der Waals surface area contributed by atoms with Crippen molar-refractivity contribution in [2.75, 3.05) is 24.7 Å². The van der Waals surface area contributed by atoms with Crippen molar-refractivity contribution in [3.05, 3.63) is 0 Å². The Morgan fingerprint density at radius 1 is 0.552 bits per heavy atom. The highest BCUT2D eigenvalue weighted by Crippen LogP contribution is 2.17. The number of ether oxygens (including phenoxy) is 1. The fourth-order valence-corrected chi connectivity index (χ4v) is 5.01. The second kappa shape index (κ2) is 24.8. The van der Waals surface area contributed by atoms with Crippen molar-refractivity contribution in [2.24, 2.45) is 0 Å². The number of unbranched alkanes of at least 4 members (excludes halogenated alkanes) is 12. The van der Waals surface area contributed by atoms with E-state index in [-0.39, 0.29) is 10.9 Å². The molecule has 0 aliphatic rings. The summed E-state index contributed by atoms with van der Waals surface area (Å²) in [6.45, 7) is 5.67. The summed E-state index contributed by atoms with van der Waals surface area (Å²) in [5, 5.41) is 20.0. The number of aliphatic hydroxyl groups is 2. The molecular weight excluding hydrogens is 400 g/mol. The van der Waals surface area contributed by atoms with Gasteiger partial charge in [0.15, 0.2) is 0 Å². The Balaban J connectivity index is 3.27. The molecule has 0 aromatic rings. The van der Waals surface area contributed by atoms with E-state index in [0.717, 1.165) is 11.5 Å². The summed E-state index contributed by atoms with van der Waals surface area (Å²) in [5.74, 6) is 2.09. The van der Waals surface area contributed by atoms with Gasteiger partial charge in [0.25, 0.3) is 0 Å². The third-order valence-electron chi connectivity index (χ3n) is 5.13. The summed E-state index contributed by atoms with van der Waals surface area (Å²) in [5.41, 5.74) is -0.626. The monoisotopic (exact) mass is 450 g/mol. The van der Waals surface area contributed by atoms with E-state index in [1.807, 2.05) is 0 Å².